The lowest BCUT2D eigenvalue weighted by Crippen LogP contribution is -2.26. The summed E-state index contributed by atoms with van der Waals surface area (Å²) in [6, 6.07) is 11.1. The van der Waals surface area contributed by atoms with E-state index in [0.717, 1.165) is 6.07 Å². The standard InChI is InChI=1S/C31H29F2N7O3/c1-16-26(14-22-21-12-19(32)5-7-24(21)39-30(22)42)38-17(2)28(16)31(43)36-11-3-10-35-27-9-4-18(15-37-27)29(41)40-25-8-6-20(33)13-23(25)34/h4-9,12-15,38H,3,10-11,34H2,1-2H3,(H,35,37)(H,36,43)(H,39,42)(H,40,41). The molecule has 3 amide bonds. The summed E-state index contributed by atoms with van der Waals surface area (Å²) in [5.41, 5.74) is 10.2. The van der Waals surface area contributed by atoms with E-state index in [-0.39, 0.29) is 17.5 Å². The Balaban J connectivity index is 1.12. The first kappa shape index (κ1) is 29.0. The quantitative estimate of drug-likeness (QED) is 0.0937. The van der Waals surface area contributed by atoms with Crippen LogP contribution in [0, 0.1) is 25.5 Å². The summed E-state index contributed by atoms with van der Waals surface area (Å²) in [5, 5.41) is 11.4. The van der Waals surface area contributed by atoms with Crippen LogP contribution >= 0.6 is 0 Å². The number of halogens is 2. The predicted molar refractivity (Wildman–Crippen MR) is 162 cm³/mol. The lowest BCUT2D eigenvalue weighted by molar-refractivity contribution is -0.110. The number of carbonyl (C=O) groups is 3. The van der Waals surface area contributed by atoms with Crippen LogP contribution in [-0.2, 0) is 4.79 Å². The van der Waals surface area contributed by atoms with Crippen LogP contribution in [0.1, 0.15) is 49.7 Å². The average molecular weight is 586 g/mol. The van der Waals surface area contributed by atoms with Gasteiger partial charge < -0.3 is 32.0 Å². The molecule has 5 rings (SSSR count). The molecule has 12 heteroatoms. The van der Waals surface area contributed by atoms with E-state index >= 15 is 0 Å². The number of benzene rings is 2. The minimum Gasteiger partial charge on any atom is -0.397 e. The Morgan fingerprint density at radius 1 is 1.00 bits per heavy atom. The third kappa shape index (κ3) is 6.38. The highest BCUT2D eigenvalue weighted by Gasteiger charge is 2.26. The van der Waals surface area contributed by atoms with Crippen molar-refractivity contribution in [2.75, 3.05) is 34.8 Å². The topological polar surface area (TPSA) is 154 Å². The lowest BCUT2D eigenvalue weighted by atomic mass is 10.0. The van der Waals surface area contributed by atoms with E-state index in [1.807, 2.05) is 0 Å². The van der Waals surface area contributed by atoms with Crippen LogP contribution < -0.4 is 27.0 Å². The van der Waals surface area contributed by atoms with Crippen molar-refractivity contribution in [1.29, 1.82) is 0 Å². The van der Waals surface area contributed by atoms with Gasteiger partial charge in [0.05, 0.1) is 28.1 Å². The molecule has 0 spiro atoms. The van der Waals surface area contributed by atoms with Crippen LogP contribution in [0.15, 0.2) is 54.7 Å². The fourth-order valence-corrected chi connectivity index (χ4v) is 4.78. The number of carbonyl (C=O) groups excluding carboxylic acids is 3. The molecule has 3 heterocycles. The number of rotatable bonds is 9. The fourth-order valence-electron chi connectivity index (χ4n) is 4.78. The third-order valence-electron chi connectivity index (χ3n) is 6.99. The van der Waals surface area contributed by atoms with Gasteiger partial charge in [-0.2, -0.15) is 0 Å². The lowest BCUT2D eigenvalue weighted by Gasteiger charge is -2.10. The van der Waals surface area contributed by atoms with Crippen LogP contribution in [0.5, 0.6) is 0 Å². The van der Waals surface area contributed by atoms with Gasteiger partial charge in [-0.1, -0.05) is 0 Å². The zero-order valence-corrected chi connectivity index (χ0v) is 23.4. The molecule has 10 nitrogen and oxygen atoms in total. The summed E-state index contributed by atoms with van der Waals surface area (Å²) in [6.45, 7) is 4.47. The van der Waals surface area contributed by atoms with E-state index in [4.69, 9.17) is 5.73 Å². The number of aromatic amines is 1. The average Bonchev–Trinajstić information content (AvgIpc) is 3.43. The highest BCUT2D eigenvalue weighted by molar-refractivity contribution is 6.35. The number of nitrogen functional groups attached to an aromatic ring is 1. The van der Waals surface area contributed by atoms with Crippen molar-refractivity contribution in [3.8, 4) is 0 Å². The Morgan fingerprint density at radius 3 is 2.51 bits per heavy atom. The van der Waals surface area contributed by atoms with Crippen molar-refractivity contribution >= 4 is 52.3 Å². The molecule has 0 saturated heterocycles. The van der Waals surface area contributed by atoms with Gasteiger partial charge in [0.2, 0.25) is 0 Å². The van der Waals surface area contributed by atoms with Crippen LogP contribution in [0.2, 0.25) is 0 Å². The van der Waals surface area contributed by atoms with Gasteiger partial charge in [-0.25, -0.2) is 13.8 Å². The second-order valence-corrected chi connectivity index (χ2v) is 10.0. The van der Waals surface area contributed by atoms with Gasteiger partial charge in [-0.05, 0) is 80.4 Å². The molecule has 7 N–H and O–H groups in total. The summed E-state index contributed by atoms with van der Waals surface area (Å²) >= 11 is 0. The zero-order valence-electron chi connectivity index (χ0n) is 23.4. The highest BCUT2D eigenvalue weighted by atomic mass is 19.1. The van der Waals surface area contributed by atoms with E-state index in [9.17, 15) is 23.2 Å². The smallest absolute Gasteiger partial charge is 0.257 e. The van der Waals surface area contributed by atoms with Crippen molar-refractivity contribution < 1.29 is 23.2 Å². The van der Waals surface area contributed by atoms with E-state index < -0.39 is 17.5 Å². The van der Waals surface area contributed by atoms with Gasteiger partial charge in [0.1, 0.15) is 17.5 Å². The van der Waals surface area contributed by atoms with Gasteiger partial charge in [0.25, 0.3) is 17.7 Å². The summed E-state index contributed by atoms with van der Waals surface area (Å²) < 4.78 is 27.0. The molecule has 2 aromatic carbocycles. The number of amides is 3. The molecule has 1 aliphatic rings. The van der Waals surface area contributed by atoms with Crippen LogP contribution in [0.3, 0.4) is 0 Å². The van der Waals surface area contributed by atoms with Crippen LogP contribution in [0.4, 0.5) is 31.7 Å². The molecule has 0 unspecified atom stereocenters. The molecule has 2 aromatic heterocycles. The Morgan fingerprint density at radius 2 is 1.77 bits per heavy atom. The molecule has 0 atom stereocenters. The predicted octanol–water partition coefficient (Wildman–Crippen LogP) is 4.86. The third-order valence-corrected chi connectivity index (χ3v) is 6.99. The Hall–Kier alpha value is -5.52. The first-order chi connectivity index (χ1) is 20.6. The molecule has 1 aliphatic heterocycles. The maximum absolute atomic E-state index is 13.8. The van der Waals surface area contributed by atoms with Gasteiger partial charge >= 0.3 is 0 Å². The molecule has 0 bridgehead atoms. The molecule has 0 fully saturated rings. The van der Waals surface area contributed by atoms with Gasteiger partial charge in [0, 0.05) is 41.9 Å². The first-order valence-corrected chi connectivity index (χ1v) is 13.5. The summed E-state index contributed by atoms with van der Waals surface area (Å²) in [4.78, 5) is 45.3. The first-order valence-electron chi connectivity index (χ1n) is 13.5. The number of pyridine rings is 1. The molecule has 0 radical (unpaired) electrons. The van der Waals surface area contributed by atoms with Gasteiger partial charge in [-0.15, -0.1) is 0 Å². The van der Waals surface area contributed by atoms with Crippen molar-refractivity contribution in [2.45, 2.75) is 20.3 Å². The summed E-state index contributed by atoms with van der Waals surface area (Å²) in [6.07, 6.45) is 3.64. The Bertz CT molecular complexity index is 1760. The highest BCUT2D eigenvalue weighted by Crippen LogP contribution is 2.34. The number of anilines is 4. The van der Waals surface area contributed by atoms with E-state index in [1.54, 1.807) is 32.1 Å². The number of aromatic nitrogens is 2. The SMILES string of the molecule is Cc1[nH]c(C=C2C(=O)Nc3ccc(F)cc32)c(C)c1C(=O)NCCCNc1ccc(C(=O)Nc2ccc(F)cc2N)cn1. The van der Waals surface area contributed by atoms with Crippen molar-refractivity contribution in [1.82, 2.24) is 15.3 Å². The Labute approximate surface area is 245 Å². The molecule has 0 aliphatic carbocycles. The molecule has 4 aromatic rings. The number of H-pyrrole nitrogens is 1. The molecule has 220 valence electrons. The second-order valence-electron chi connectivity index (χ2n) is 10.0. The minimum atomic E-state index is -0.494. The number of nitrogens with zero attached hydrogens (tertiary/aromatic N) is 1. The Kier molecular flexibility index (Phi) is 8.19. The van der Waals surface area contributed by atoms with Gasteiger partial charge in [-0.3, -0.25) is 14.4 Å². The number of hydrogen-bond donors (Lipinski definition) is 6. The number of nitrogens with one attached hydrogen (secondary N) is 5. The number of nitrogens with two attached hydrogens (primary N) is 1. The number of aryl methyl sites for hydroxylation is 1. The van der Waals surface area contributed by atoms with Crippen molar-refractivity contribution in [3.05, 3.63) is 100 Å². The second kappa shape index (κ2) is 12.1. The minimum absolute atomic E-state index is 0.119. The zero-order chi connectivity index (χ0) is 30.7. The van der Waals surface area contributed by atoms with E-state index in [0.29, 0.717) is 75.9 Å². The van der Waals surface area contributed by atoms with E-state index in [2.05, 4.69) is 31.2 Å². The molecule has 43 heavy (non-hydrogen) atoms. The molecule has 0 saturated carbocycles. The maximum Gasteiger partial charge on any atom is 0.257 e. The number of hydrogen-bond acceptors (Lipinski definition) is 6. The number of fused-ring (bicyclic) bond motifs is 1. The van der Waals surface area contributed by atoms with Crippen LogP contribution in [0.25, 0.3) is 11.6 Å². The summed E-state index contributed by atoms with van der Waals surface area (Å²) in [7, 11) is 0. The fraction of sp³-hybridized carbons (Fsp3) is 0.161. The monoisotopic (exact) mass is 585 g/mol. The molecular weight excluding hydrogens is 556 g/mol. The van der Waals surface area contributed by atoms with Gasteiger partial charge in [0.15, 0.2) is 0 Å². The van der Waals surface area contributed by atoms with E-state index in [1.165, 1.54) is 36.5 Å². The normalized spacial score (nSPS) is 13.0. The van der Waals surface area contributed by atoms with Crippen molar-refractivity contribution in [3.63, 3.8) is 0 Å². The van der Waals surface area contributed by atoms with Crippen molar-refractivity contribution in [2.24, 2.45) is 0 Å². The van der Waals surface area contributed by atoms with Crippen LogP contribution in [-0.4, -0.2) is 40.8 Å². The largest absolute Gasteiger partial charge is 0.397 e. The maximum atomic E-state index is 13.8. The summed E-state index contributed by atoms with van der Waals surface area (Å²) in [5.74, 6) is -1.41. The molecular formula is C31H29F2N7O3.